The average molecular weight is 715 g/mol. The number of carbonyl (C=O) groups is 2. The first kappa shape index (κ1) is 37.0. The molecule has 4 aromatic rings. The number of benzene rings is 3. The number of rotatable bonds is 11. The summed E-state index contributed by atoms with van der Waals surface area (Å²) in [5.74, 6) is -0.686. The molecular weight excluding hydrogens is 678 g/mol. The van der Waals surface area contributed by atoms with Crippen LogP contribution in [0.2, 0.25) is 0 Å². The molecule has 2 heterocycles. The quantitative estimate of drug-likeness (QED) is 0.152. The zero-order valence-corrected chi connectivity index (χ0v) is 28.5. The van der Waals surface area contributed by atoms with Crippen molar-refractivity contribution in [3.05, 3.63) is 102 Å². The van der Waals surface area contributed by atoms with Crippen molar-refractivity contribution in [2.75, 3.05) is 39.1 Å². The van der Waals surface area contributed by atoms with E-state index in [1.807, 2.05) is 6.07 Å². The summed E-state index contributed by atoms with van der Waals surface area (Å²) in [5.41, 5.74) is 2.03. The Hall–Kier alpha value is -4.79. The Morgan fingerprint density at radius 1 is 0.959 bits per heavy atom. The summed E-state index contributed by atoms with van der Waals surface area (Å²) in [6.45, 7) is 4.78. The smallest absolute Gasteiger partial charge is 0.326 e. The summed E-state index contributed by atoms with van der Waals surface area (Å²) < 4.78 is 60.3. The number of carbonyl (C=O) groups excluding carboxylic acids is 2. The van der Waals surface area contributed by atoms with Gasteiger partial charge < -0.3 is 15.4 Å². The van der Waals surface area contributed by atoms with Crippen molar-refractivity contribution in [3.63, 3.8) is 0 Å². The van der Waals surface area contributed by atoms with Crippen molar-refractivity contribution >= 4 is 57.1 Å². The second-order valence-electron chi connectivity index (χ2n) is 11.3. The maximum absolute atomic E-state index is 14.3. The number of nitrogens with zero attached hydrogens (tertiary/aromatic N) is 3. The third kappa shape index (κ3) is 10.3. The van der Waals surface area contributed by atoms with Gasteiger partial charge in [-0.25, -0.2) is 27.0 Å². The SMILES string of the molecule is CCS(=O)(=O)Nc1ccc(Oc2ccc(CN3CCC(N(C(=O)Nc4ccc(F)c(NC(C)=O)c4)c4cccc(F)c4)CC3)cn2)cc1.Cl. The van der Waals surface area contributed by atoms with Crippen molar-refractivity contribution in [1.29, 1.82) is 0 Å². The predicted molar refractivity (Wildman–Crippen MR) is 188 cm³/mol. The number of likely N-dealkylation sites (tertiary alicyclic amines) is 1. The van der Waals surface area contributed by atoms with Gasteiger partial charge in [-0.05, 0) is 86.0 Å². The lowest BCUT2D eigenvalue weighted by atomic mass is 10.0. The summed E-state index contributed by atoms with van der Waals surface area (Å²) >= 11 is 0. The lowest BCUT2D eigenvalue weighted by Gasteiger charge is -2.38. The van der Waals surface area contributed by atoms with Crippen LogP contribution in [0.5, 0.6) is 11.6 Å². The highest BCUT2D eigenvalue weighted by Crippen LogP contribution is 2.28. The van der Waals surface area contributed by atoms with Gasteiger partial charge in [0.1, 0.15) is 17.4 Å². The molecule has 5 rings (SSSR count). The molecule has 1 fully saturated rings. The monoisotopic (exact) mass is 714 g/mol. The fraction of sp³-hybridized carbons (Fsp3) is 0.265. The van der Waals surface area contributed by atoms with Crippen molar-refractivity contribution in [2.45, 2.75) is 39.3 Å². The second-order valence-corrected chi connectivity index (χ2v) is 13.3. The number of halogens is 3. The summed E-state index contributed by atoms with van der Waals surface area (Å²) in [5, 5.41) is 5.17. The predicted octanol–water partition coefficient (Wildman–Crippen LogP) is 7.00. The first-order chi connectivity index (χ1) is 23.0. The average Bonchev–Trinajstić information content (AvgIpc) is 3.05. The van der Waals surface area contributed by atoms with Crippen LogP contribution < -0.4 is 25.0 Å². The minimum absolute atomic E-state index is 0. The van der Waals surface area contributed by atoms with E-state index >= 15 is 0 Å². The lowest BCUT2D eigenvalue weighted by Crippen LogP contribution is -2.49. The number of aromatic nitrogens is 1. The number of urea groups is 1. The summed E-state index contributed by atoms with van der Waals surface area (Å²) in [6, 6.07) is 19.2. The van der Waals surface area contributed by atoms with Crippen LogP contribution in [0, 0.1) is 11.6 Å². The number of nitrogens with one attached hydrogen (secondary N) is 3. The van der Waals surface area contributed by atoms with Gasteiger partial charge in [0.2, 0.25) is 21.8 Å². The molecule has 3 aromatic carbocycles. The van der Waals surface area contributed by atoms with Gasteiger partial charge in [-0.2, -0.15) is 0 Å². The minimum atomic E-state index is -3.37. The number of ether oxygens (including phenoxy) is 1. The minimum Gasteiger partial charge on any atom is -0.439 e. The van der Waals surface area contributed by atoms with Crippen LogP contribution in [0.4, 0.5) is 36.3 Å². The van der Waals surface area contributed by atoms with Crippen molar-refractivity contribution in [1.82, 2.24) is 9.88 Å². The zero-order chi connectivity index (χ0) is 34.3. The molecule has 1 aliphatic rings. The zero-order valence-electron chi connectivity index (χ0n) is 26.9. The van der Waals surface area contributed by atoms with Gasteiger partial charge >= 0.3 is 6.03 Å². The molecule has 0 bridgehead atoms. The molecule has 0 unspecified atom stereocenters. The van der Waals surface area contributed by atoms with Crippen LogP contribution >= 0.6 is 12.4 Å². The summed E-state index contributed by atoms with van der Waals surface area (Å²) in [6.07, 6.45) is 2.96. The molecule has 260 valence electrons. The van der Waals surface area contributed by atoms with Crippen LogP contribution in [0.3, 0.4) is 0 Å². The fourth-order valence-electron chi connectivity index (χ4n) is 5.31. The van der Waals surface area contributed by atoms with E-state index in [0.717, 1.165) is 11.6 Å². The lowest BCUT2D eigenvalue weighted by molar-refractivity contribution is -0.114. The van der Waals surface area contributed by atoms with Crippen molar-refractivity contribution in [3.8, 4) is 11.6 Å². The fourth-order valence-corrected chi connectivity index (χ4v) is 5.95. The Kier molecular flexibility index (Phi) is 12.5. The van der Waals surface area contributed by atoms with E-state index in [0.29, 0.717) is 55.5 Å². The van der Waals surface area contributed by atoms with E-state index in [1.165, 1.54) is 36.1 Å². The van der Waals surface area contributed by atoms with Crippen LogP contribution in [-0.2, 0) is 21.4 Å². The molecule has 0 aliphatic carbocycles. The molecule has 0 radical (unpaired) electrons. The Balaban J connectivity index is 0.00000541. The molecule has 1 saturated heterocycles. The second kappa shape index (κ2) is 16.5. The number of hydrogen-bond acceptors (Lipinski definition) is 7. The molecule has 11 nitrogen and oxygen atoms in total. The van der Waals surface area contributed by atoms with Crippen molar-refractivity contribution < 1.29 is 31.5 Å². The third-order valence-corrected chi connectivity index (χ3v) is 9.00. The van der Waals surface area contributed by atoms with Gasteiger partial charge in [-0.1, -0.05) is 12.1 Å². The molecule has 49 heavy (non-hydrogen) atoms. The highest BCUT2D eigenvalue weighted by Gasteiger charge is 2.30. The molecule has 15 heteroatoms. The van der Waals surface area contributed by atoms with Crippen LogP contribution in [-0.4, -0.2) is 55.1 Å². The number of amides is 3. The Morgan fingerprint density at radius 3 is 2.31 bits per heavy atom. The van der Waals surface area contributed by atoms with Crippen LogP contribution in [0.25, 0.3) is 0 Å². The topological polar surface area (TPSA) is 133 Å². The van der Waals surface area contributed by atoms with Crippen LogP contribution in [0.1, 0.15) is 32.3 Å². The normalized spacial score (nSPS) is 13.6. The maximum Gasteiger partial charge on any atom is 0.326 e. The molecule has 0 atom stereocenters. The Bertz CT molecular complexity index is 1860. The van der Waals surface area contributed by atoms with E-state index < -0.39 is 33.6 Å². The molecular formula is C34H37ClF2N6O5S. The van der Waals surface area contributed by atoms with Gasteiger partial charge in [0.05, 0.1) is 11.4 Å². The summed E-state index contributed by atoms with van der Waals surface area (Å²) in [7, 11) is -3.37. The maximum atomic E-state index is 14.3. The van der Waals surface area contributed by atoms with E-state index in [4.69, 9.17) is 4.74 Å². The van der Waals surface area contributed by atoms with E-state index in [-0.39, 0.29) is 35.6 Å². The molecule has 1 aromatic heterocycles. The first-order valence-corrected chi connectivity index (χ1v) is 17.0. The van der Waals surface area contributed by atoms with Gasteiger partial charge in [0, 0.05) is 61.9 Å². The molecule has 0 saturated carbocycles. The van der Waals surface area contributed by atoms with Gasteiger partial charge in [0.25, 0.3) is 0 Å². The number of sulfonamides is 1. The molecule has 3 N–H and O–H groups in total. The number of hydrogen-bond donors (Lipinski definition) is 3. The molecule has 1 aliphatic heterocycles. The van der Waals surface area contributed by atoms with Gasteiger partial charge in [-0.3, -0.25) is 19.3 Å². The number of piperidine rings is 1. The van der Waals surface area contributed by atoms with E-state index in [1.54, 1.807) is 55.6 Å². The van der Waals surface area contributed by atoms with E-state index in [2.05, 4.69) is 25.2 Å². The Labute approximate surface area is 290 Å². The molecule has 0 spiro atoms. The van der Waals surface area contributed by atoms with Crippen molar-refractivity contribution in [2.24, 2.45) is 0 Å². The third-order valence-electron chi connectivity index (χ3n) is 7.69. The van der Waals surface area contributed by atoms with Crippen LogP contribution in [0.15, 0.2) is 85.1 Å². The first-order valence-electron chi connectivity index (χ1n) is 15.4. The standard InChI is InChI=1S/C34H36F2N6O5S.ClH/c1-3-48(45,46)40-26-8-11-30(12-9-26)47-33-14-7-24(21-37-33)22-41-17-15-28(16-18-41)42(29-6-4-5-25(35)19-29)34(44)39-27-10-13-31(36)32(20-27)38-23(2)43;/h4-14,19-21,28,40H,3,15-18,22H2,1-2H3,(H,38,43)(H,39,44);1H. The van der Waals surface area contributed by atoms with Gasteiger partial charge in [-0.15, -0.1) is 12.4 Å². The van der Waals surface area contributed by atoms with Gasteiger partial charge in [0.15, 0.2) is 0 Å². The molecule has 3 amide bonds. The highest BCUT2D eigenvalue weighted by molar-refractivity contribution is 7.92. The number of pyridine rings is 1. The Morgan fingerprint density at radius 2 is 1.67 bits per heavy atom. The van der Waals surface area contributed by atoms with E-state index in [9.17, 15) is 26.8 Å². The largest absolute Gasteiger partial charge is 0.439 e. The number of anilines is 4. The highest BCUT2D eigenvalue weighted by atomic mass is 35.5. The summed E-state index contributed by atoms with van der Waals surface area (Å²) in [4.78, 5) is 33.3.